The Kier molecular flexibility index (Phi) is 5.54. The van der Waals surface area contributed by atoms with Gasteiger partial charge in [0.1, 0.15) is 40.3 Å². The summed E-state index contributed by atoms with van der Waals surface area (Å²) in [5.41, 5.74) is -1.19. The average molecular weight is 573 g/mol. The molecule has 1 spiro atoms. The molecule has 0 bridgehead atoms. The molecule has 3 aliphatic carbocycles. The van der Waals surface area contributed by atoms with E-state index in [0.29, 0.717) is 28.9 Å². The minimum atomic E-state index is -1.89. The molecule has 4 aliphatic rings. The Morgan fingerprint density at radius 2 is 1.48 bits per heavy atom. The molecule has 3 aromatic rings. The maximum absolute atomic E-state index is 14.8. The molecule has 1 fully saturated rings. The molecule has 1 aliphatic heterocycles. The van der Waals surface area contributed by atoms with E-state index < -0.39 is 29.0 Å². The van der Waals surface area contributed by atoms with E-state index in [2.05, 4.69) is 0 Å². The number of ketones is 3. The molecule has 42 heavy (non-hydrogen) atoms. The summed E-state index contributed by atoms with van der Waals surface area (Å²) in [5, 5.41) is 23.9. The van der Waals surface area contributed by atoms with E-state index in [1.54, 1.807) is 12.1 Å². The number of carbonyl (C=O) groups excluding carboxylic acids is 3. The second kappa shape index (κ2) is 8.88. The highest BCUT2D eigenvalue weighted by Gasteiger charge is 2.65. The number of fused-ring (bicyclic) bond motifs is 4. The van der Waals surface area contributed by atoms with Crippen molar-refractivity contribution in [2.24, 2.45) is 5.92 Å². The zero-order valence-corrected chi connectivity index (χ0v) is 23.5. The van der Waals surface area contributed by atoms with E-state index >= 15 is 0 Å². The lowest BCUT2D eigenvalue weighted by Gasteiger charge is -2.53. The summed E-state index contributed by atoms with van der Waals surface area (Å²) in [6, 6.07) is 6.27. The van der Waals surface area contributed by atoms with Gasteiger partial charge in [0.05, 0.1) is 50.5 Å². The van der Waals surface area contributed by atoms with Crippen molar-refractivity contribution in [3.63, 3.8) is 0 Å². The number of carbonyl (C=O) groups is 3. The maximum Gasteiger partial charge on any atom is 0.212 e. The monoisotopic (exact) mass is 572 g/mol. The van der Waals surface area contributed by atoms with Crippen LogP contribution in [0.1, 0.15) is 63.4 Å². The second-order valence-corrected chi connectivity index (χ2v) is 11.0. The molecule has 0 aromatic heterocycles. The number of phenols is 1. The number of aromatic hydroxyl groups is 1. The number of phenolic OH excluding ortho intramolecular Hbond substituents is 1. The Labute approximate surface area is 240 Å². The van der Waals surface area contributed by atoms with E-state index in [4.69, 9.17) is 23.7 Å². The van der Waals surface area contributed by atoms with Gasteiger partial charge < -0.3 is 33.9 Å². The molecular formula is C32H28O10. The van der Waals surface area contributed by atoms with E-state index in [9.17, 15) is 24.6 Å². The number of hydrogen-bond acceptors (Lipinski definition) is 10. The molecule has 0 unspecified atom stereocenters. The van der Waals surface area contributed by atoms with E-state index in [0.717, 1.165) is 0 Å². The van der Waals surface area contributed by atoms with Crippen LogP contribution in [0.15, 0.2) is 29.8 Å². The van der Waals surface area contributed by atoms with Gasteiger partial charge in [-0.15, -0.1) is 0 Å². The van der Waals surface area contributed by atoms with Crippen molar-refractivity contribution in [2.45, 2.75) is 37.2 Å². The zero-order chi connectivity index (χ0) is 29.7. The van der Waals surface area contributed by atoms with Gasteiger partial charge in [-0.1, -0.05) is 0 Å². The van der Waals surface area contributed by atoms with Crippen LogP contribution in [0.25, 0.3) is 16.5 Å². The summed E-state index contributed by atoms with van der Waals surface area (Å²) >= 11 is 0. The van der Waals surface area contributed by atoms with Crippen LogP contribution >= 0.6 is 0 Å². The van der Waals surface area contributed by atoms with Gasteiger partial charge in [0, 0.05) is 47.4 Å². The summed E-state index contributed by atoms with van der Waals surface area (Å²) in [6.45, 7) is 0. The molecule has 10 heteroatoms. The number of aliphatic hydroxyl groups is 1. The first-order valence-corrected chi connectivity index (χ1v) is 13.7. The standard InChI is InChI=1S/C32H28O10/c1-38-13-9-16-23(21(11-13)40-3)28(35)26-19(33)7-5-15-18-6-8-20(34)27-29(36)24-17(10-14(39-2)12-22(24)41-4)31(37)32(18,27)42-30(16)25(15)26/h9-12,15,18,35-36H,5-8H2,1-4H3/t15-,18-,32+/m1/s1. The smallest absolute Gasteiger partial charge is 0.212 e. The number of hydrogen-bond donors (Lipinski definition) is 2. The highest BCUT2D eigenvalue weighted by Crippen LogP contribution is 2.63. The molecule has 0 saturated heterocycles. The van der Waals surface area contributed by atoms with Gasteiger partial charge in [0.2, 0.25) is 11.4 Å². The quantitative estimate of drug-likeness (QED) is 0.443. The van der Waals surface area contributed by atoms with Crippen LogP contribution in [0.2, 0.25) is 0 Å². The van der Waals surface area contributed by atoms with E-state index in [-0.39, 0.29) is 81.5 Å². The summed E-state index contributed by atoms with van der Waals surface area (Å²) in [7, 11) is 5.77. The van der Waals surface area contributed by atoms with Gasteiger partial charge in [-0.3, -0.25) is 14.4 Å². The van der Waals surface area contributed by atoms with Gasteiger partial charge in [-0.25, -0.2) is 0 Å². The third-order valence-corrected chi connectivity index (χ3v) is 9.29. The van der Waals surface area contributed by atoms with Crippen LogP contribution in [-0.4, -0.2) is 61.6 Å². The fraction of sp³-hybridized carbons (Fsp3) is 0.344. The summed E-state index contributed by atoms with van der Waals surface area (Å²) in [5.74, 6) is -1.49. The average Bonchev–Trinajstić information content (AvgIpc) is 3.00. The summed E-state index contributed by atoms with van der Waals surface area (Å²) in [4.78, 5) is 41.8. The molecule has 10 nitrogen and oxygen atoms in total. The topological polar surface area (TPSA) is 138 Å². The molecular weight excluding hydrogens is 544 g/mol. The lowest BCUT2D eigenvalue weighted by Crippen LogP contribution is -2.62. The molecule has 1 saturated carbocycles. The highest BCUT2D eigenvalue weighted by atomic mass is 16.5. The first-order valence-electron chi connectivity index (χ1n) is 13.7. The SMILES string of the molecule is COc1cc(OC)c2c(c1)C(=O)[C@]13Oc4c5c(c(O)c6c(OC)cc(OC)cc46)C(=O)CC[C@@H]5[C@H]1CCC(=O)C3=C2O. The van der Waals surface area contributed by atoms with Crippen LogP contribution in [0.4, 0.5) is 0 Å². The lowest BCUT2D eigenvalue weighted by molar-refractivity contribution is -0.121. The molecule has 7 rings (SSSR count). The first-order chi connectivity index (χ1) is 20.2. The van der Waals surface area contributed by atoms with Gasteiger partial charge in [-0.2, -0.15) is 0 Å². The fourth-order valence-corrected chi connectivity index (χ4v) is 7.54. The van der Waals surface area contributed by atoms with Crippen molar-refractivity contribution >= 4 is 33.9 Å². The van der Waals surface area contributed by atoms with Crippen molar-refractivity contribution in [1.82, 2.24) is 0 Å². The molecule has 216 valence electrons. The molecule has 0 amide bonds. The van der Waals surface area contributed by atoms with Crippen LogP contribution < -0.4 is 23.7 Å². The summed E-state index contributed by atoms with van der Waals surface area (Å²) < 4.78 is 28.8. The number of Topliss-reactive ketones (excluding diaryl/α,β-unsaturated/α-hetero) is 3. The zero-order valence-electron chi connectivity index (χ0n) is 23.5. The number of aliphatic hydroxyl groups excluding tert-OH is 1. The number of rotatable bonds is 4. The third kappa shape index (κ3) is 3.06. The van der Waals surface area contributed by atoms with Crippen molar-refractivity contribution in [3.05, 3.63) is 52.1 Å². The maximum atomic E-state index is 14.8. The normalized spacial score (nSPS) is 23.9. The summed E-state index contributed by atoms with van der Waals surface area (Å²) in [6.07, 6.45) is 0.874. The van der Waals surface area contributed by atoms with Crippen LogP contribution in [-0.2, 0) is 4.79 Å². The largest absolute Gasteiger partial charge is 0.507 e. The third-order valence-electron chi connectivity index (χ3n) is 9.29. The minimum Gasteiger partial charge on any atom is -0.507 e. The minimum absolute atomic E-state index is 0.0760. The van der Waals surface area contributed by atoms with Crippen molar-refractivity contribution in [2.75, 3.05) is 28.4 Å². The van der Waals surface area contributed by atoms with Gasteiger partial charge >= 0.3 is 0 Å². The Morgan fingerprint density at radius 3 is 2.17 bits per heavy atom. The predicted molar refractivity (Wildman–Crippen MR) is 150 cm³/mol. The Balaban J connectivity index is 1.61. The van der Waals surface area contributed by atoms with Crippen molar-refractivity contribution in [1.29, 1.82) is 0 Å². The Hall–Kier alpha value is -4.73. The van der Waals surface area contributed by atoms with Gasteiger partial charge in [0.15, 0.2) is 11.6 Å². The molecule has 2 N–H and O–H groups in total. The second-order valence-electron chi connectivity index (χ2n) is 11.0. The molecule has 3 atom stereocenters. The number of benzene rings is 3. The fourth-order valence-electron chi connectivity index (χ4n) is 7.54. The van der Waals surface area contributed by atoms with Gasteiger partial charge in [-0.05, 0) is 30.9 Å². The van der Waals surface area contributed by atoms with Gasteiger partial charge in [0.25, 0.3) is 0 Å². The number of ether oxygens (including phenoxy) is 5. The molecule has 1 heterocycles. The van der Waals surface area contributed by atoms with Crippen molar-refractivity contribution < 1.29 is 48.3 Å². The predicted octanol–water partition coefficient (Wildman–Crippen LogP) is 4.92. The molecule has 3 aromatic carbocycles. The van der Waals surface area contributed by atoms with Crippen LogP contribution in [0.5, 0.6) is 34.5 Å². The first kappa shape index (κ1) is 26.2. The van der Waals surface area contributed by atoms with Crippen LogP contribution in [0.3, 0.4) is 0 Å². The lowest BCUT2D eigenvalue weighted by atomic mass is 9.56. The van der Waals surface area contributed by atoms with Crippen molar-refractivity contribution in [3.8, 4) is 34.5 Å². The van der Waals surface area contributed by atoms with E-state index in [1.807, 2.05) is 0 Å². The molecule has 0 radical (unpaired) electrons. The number of methoxy groups -OCH3 is 4. The van der Waals surface area contributed by atoms with E-state index in [1.165, 1.54) is 40.6 Å². The van der Waals surface area contributed by atoms with Crippen LogP contribution in [0, 0.1) is 5.92 Å². The highest BCUT2D eigenvalue weighted by molar-refractivity contribution is 6.22. The Morgan fingerprint density at radius 1 is 0.810 bits per heavy atom. The Bertz CT molecular complexity index is 1800.